The predicted octanol–water partition coefficient (Wildman–Crippen LogP) is 6.88. The normalized spacial score (nSPS) is 19.0. The highest BCUT2D eigenvalue weighted by Crippen LogP contribution is 2.41. The Kier molecular flexibility index (Phi) is 6.04. The molecule has 1 amide bonds. The molecule has 6 rings (SSSR count). The van der Waals surface area contributed by atoms with Crippen LogP contribution >= 0.6 is 23.2 Å². The molecule has 2 aromatic carbocycles. The highest BCUT2D eigenvalue weighted by molar-refractivity contribution is 6.33. The van der Waals surface area contributed by atoms with Crippen LogP contribution in [0.2, 0.25) is 10.0 Å². The second-order valence-electron chi connectivity index (χ2n) is 11.0. The molecular formula is C29H29Cl2N5O2. The molecule has 0 aliphatic carbocycles. The lowest BCUT2D eigenvalue weighted by Gasteiger charge is -2.36. The van der Waals surface area contributed by atoms with Crippen LogP contribution < -0.4 is 4.90 Å². The van der Waals surface area contributed by atoms with Gasteiger partial charge in [0.2, 0.25) is 0 Å². The molecule has 0 saturated carbocycles. The quantitative estimate of drug-likeness (QED) is 0.278. The van der Waals surface area contributed by atoms with E-state index in [1.54, 1.807) is 0 Å². The van der Waals surface area contributed by atoms with Crippen molar-refractivity contribution in [3.05, 3.63) is 70.3 Å². The zero-order chi connectivity index (χ0) is 26.8. The molecule has 0 spiro atoms. The van der Waals surface area contributed by atoms with E-state index in [0.29, 0.717) is 23.1 Å². The van der Waals surface area contributed by atoms with E-state index >= 15 is 0 Å². The molecule has 0 radical (unpaired) electrons. The number of hydrogen-bond acceptors (Lipinski definition) is 5. The standard InChI is InChI=1S/C29H29Cl2N5O2/c1-17-13-24(34-15-21-14-20(34)16-35(21)28(37)38-29(2,3)4)36-27(32-17)25(18-9-11-19(30)12-10-18)26(33-36)22-7-5-6-8-23(22)31/h5-13,20-21H,14-16H2,1-4H3. The highest BCUT2D eigenvalue weighted by Gasteiger charge is 2.47. The number of aromatic nitrogens is 3. The maximum absolute atomic E-state index is 12.8. The van der Waals surface area contributed by atoms with E-state index in [1.165, 1.54) is 0 Å². The van der Waals surface area contributed by atoms with Gasteiger partial charge in [-0.1, -0.05) is 53.5 Å². The summed E-state index contributed by atoms with van der Waals surface area (Å²) < 4.78 is 7.58. The Morgan fingerprint density at radius 3 is 2.42 bits per heavy atom. The summed E-state index contributed by atoms with van der Waals surface area (Å²) in [5.41, 5.74) is 4.59. The van der Waals surface area contributed by atoms with Gasteiger partial charge in [-0.25, -0.2) is 9.78 Å². The topological polar surface area (TPSA) is 63.0 Å². The number of carbonyl (C=O) groups excluding carboxylic acids is 1. The summed E-state index contributed by atoms with van der Waals surface area (Å²) in [6.07, 6.45) is 0.649. The molecule has 2 aliphatic heterocycles. The number of amides is 1. The van der Waals surface area contributed by atoms with Gasteiger partial charge >= 0.3 is 6.09 Å². The first-order chi connectivity index (χ1) is 18.1. The van der Waals surface area contributed by atoms with E-state index in [4.69, 9.17) is 38.0 Å². The first kappa shape index (κ1) is 25.0. The summed E-state index contributed by atoms with van der Waals surface area (Å²) in [7, 11) is 0. The number of carbonyl (C=O) groups is 1. The minimum absolute atomic E-state index is 0.0905. The van der Waals surface area contributed by atoms with Crippen LogP contribution in [-0.4, -0.2) is 56.4 Å². The van der Waals surface area contributed by atoms with E-state index in [9.17, 15) is 4.79 Å². The lowest BCUT2D eigenvalue weighted by atomic mass is 10.0. The molecule has 2 unspecified atom stereocenters. The zero-order valence-electron chi connectivity index (χ0n) is 21.8. The number of ether oxygens (including phenoxy) is 1. The van der Waals surface area contributed by atoms with Gasteiger partial charge < -0.3 is 14.5 Å². The number of aryl methyl sites for hydroxylation is 1. The number of halogens is 2. The first-order valence-electron chi connectivity index (χ1n) is 12.8. The molecule has 196 valence electrons. The maximum atomic E-state index is 12.8. The Morgan fingerprint density at radius 2 is 1.76 bits per heavy atom. The Morgan fingerprint density at radius 1 is 1.03 bits per heavy atom. The number of piperazine rings is 1. The lowest BCUT2D eigenvalue weighted by molar-refractivity contribution is 0.0214. The van der Waals surface area contributed by atoms with Gasteiger partial charge in [0.1, 0.15) is 17.1 Å². The predicted molar refractivity (Wildman–Crippen MR) is 151 cm³/mol. The van der Waals surface area contributed by atoms with Crippen LogP contribution in [0.15, 0.2) is 54.6 Å². The van der Waals surface area contributed by atoms with Crippen molar-refractivity contribution in [3.8, 4) is 22.4 Å². The van der Waals surface area contributed by atoms with Gasteiger partial charge in [-0.15, -0.1) is 0 Å². The Balaban J connectivity index is 1.45. The number of hydrogen-bond donors (Lipinski definition) is 0. The van der Waals surface area contributed by atoms with Gasteiger partial charge in [-0.05, 0) is 57.9 Å². The largest absolute Gasteiger partial charge is 0.444 e. The number of benzene rings is 2. The second kappa shape index (κ2) is 9.17. The van der Waals surface area contributed by atoms with Gasteiger partial charge in [-0.2, -0.15) is 9.61 Å². The number of rotatable bonds is 3. The molecule has 2 fully saturated rings. The van der Waals surface area contributed by atoms with Crippen molar-refractivity contribution in [1.29, 1.82) is 0 Å². The molecule has 2 aromatic heterocycles. The molecule has 4 heterocycles. The molecule has 2 bridgehead atoms. The average Bonchev–Trinajstić information content (AvgIpc) is 3.56. The monoisotopic (exact) mass is 549 g/mol. The third kappa shape index (κ3) is 4.37. The summed E-state index contributed by atoms with van der Waals surface area (Å²) in [5, 5.41) is 6.39. The van der Waals surface area contributed by atoms with Gasteiger partial charge in [0.25, 0.3) is 0 Å². The van der Waals surface area contributed by atoms with E-state index in [-0.39, 0.29) is 18.2 Å². The summed E-state index contributed by atoms with van der Waals surface area (Å²) in [6, 6.07) is 17.8. The average molecular weight is 550 g/mol. The van der Waals surface area contributed by atoms with Crippen molar-refractivity contribution in [2.75, 3.05) is 18.0 Å². The van der Waals surface area contributed by atoms with Crippen LogP contribution in [0.4, 0.5) is 10.6 Å². The van der Waals surface area contributed by atoms with Crippen molar-refractivity contribution in [3.63, 3.8) is 0 Å². The first-order valence-corrected chi connectivity index (χ1v) is 13.5. The lowest BCUT2D eigenvalue weighted by Crippen LogP contribution is -2.50. The van der Waals surface area contributed by atoms with E-state index in [0.717, 1.165) is 46.0 Å². The molecule has 38 heavy (non-hydrogen) atoms. The Bertz CT molecular complexity index is 1540. The fraction of sp³-hybridized carbons (Fsp3) is 0.345. The van der Waals surface area contributed by atoms with Gasteiger partial charge in [0.15, 0.2) is 5.65 Å². The fourth-order valence-corrected chi connectivity index (χ4v) is 5.89. The summed E-state index contributed by atoms with van der Waals surface area (Å²) in [5.74, 6) is 0.956. The minimum Gasteiger partial charge on any atom is -0.444 e. The molecule has 2 atom stereocenters. The van der Waals surface area contributed by atoms with Crippen molar-refractivity contribution in [2.24, 2.45) is 0 Å². The summed E-state index contributed by atoms with van der Waals surface area (Å²) in [6.45, 7) is 9.02. The van der Waals surface area contributed by atoms with Crippen LogP contribution in [0.3, 0.4) is 0 Å². The van der Waals surface area contributed by atoms with Gasteiger partial charge in [0.05, 0.1) is 22.7 Å². The summed E-state index contributed by atoms with van der Waals surface area (Å²) >= 11 is 12.9. The van der Waals surface area contributed by atoms with Crippen molar-refractivity contribution < 1.29 is 9.53 Å². The molecular weight excluding hydrogens is 521 g/mol. The van der Waals surface area contributed by atoms with Crippen molar-refractivity contribution >= 4 is 40.8 Å². The molecule has 0 N–H and O–H groups in total. The van der Waals surface area contributed by atoms with Gasteiger partial charge in [0, 0.05) is 35.4 Å². The van der Waals surface area contributed by atoms with Crippen LogP contribution in [0, 0.1) is 6.92 Å². The number of fused-ring (bicyclic) bond motifs is 3. The maximum Gasteiger partial charge on any atom is 0.410 e. The van der Waals surface area contributed by atoms with E-state index in [2.05, 4.69) is 11.0 Å². The van der Waals surface area contributed by atoms with Gasteiger partial charge in [-0.3, -0.25) is 0 Å². The number of nitrogens with zero attached hydrogens (tertiary/aromatic N) is 5. The Labute approximate surface area is 231 Å². The molecule has 7 nitrogen and oxygen atoms in total. The van der Waals surface area contributed by atoms with Crippen molar-refractivity contribution in [2.45, 2.75) is 51.8 Å². The third-order valence-electron chi connectivity index (χ3n) is 7.12. The zero-order valence-corrected chi connectivity index (χ0v) is 23.3. The second-order valence-corrected chi connectivity index (χ2v) is 11.9. The van der Waals surface area contributed by atoms with Crippen LogP contribution in [0.25, 0.3) is 28.0 Å². The molecule has 9 heteroatoms. The number of anilines is 1. The molecule has 2 saturated heterocycles. The fourth-order valence-electron chi connectivity index (χ4n) is 5.54. The third-order valence-corrected chi connectivity index (χ3v) is 7.70. The van der Waals surface area contributed by atoms with E-state index in [1.807, 2.05) is 85.6 Å². The molecule has 4 aromatic rings. The van der Waals surface area contributed by atoms with E-state index < -0.39 is 5.60 Å². The molecule has 2 aliphatic rings. The number of likely N-dealkylation sites (tertiary alicyclic amines) is 1. The smallest absolute Gasteiger partial charge is 0.410 e. The highest BCUT2D eigenvalue weighted by atomic mass is 35.5. The Hall–Kier alpha value is -3.29. The van der Waals surface area contributed by atoms with Crippen LogP contribution in [0.5, 0.6) is 0 Å². The summed E-state index contributed by atoms with van der Waals surface area (Å²) in [4.78, 5) is 22.0. The SMILES string of the molecule is Cc1cc(N2CC3CC2CN3C(=O)OC(C)(C)C)n2nc(-c3ccccc3Cl)c(-c3ccc(Cl)cc3)c2n1. The van der Waals surface area contributed by atoms with Crippen LogP contribution in [-0.2, 0) is 4.74 Å². The van der Waals surface area contributed by atoms with Crippen molar-refractivity contribution in [1.82, 2.24) is 19.5 Å². The van der Waals surface area contributed by atoms with Crippen LogP contribution in [0.1, 0.15) is 32.9 Å². The minimum atomic E-state index is -0.519.